The lowest BCUT2D eigenvalue weighted by atomic mass is 9.92. The normalized spacial score (nSPS) is 13.8. The number of nitrogens with one attached hydrogen (secondary N) is 2. The average molecular weight is 592 g/mol. The van der Waals surface area contributed by atoms with Gasteiger partial charge in [-0.05, 0) is 49.1 Å². The number of aromatic nitrogens is 3. The second-order valence-corrected chi connectivity index (χ2v) is 12.6. The van der Waals surface area contributed by atoms with E-state index in [1.54, 1.807) is 16.9 Å². The van der Waals surface area contributed by atoms with Crippen LogP contribution in [-0.4, -0.2) is 57.8 Å². The molecule has 3 aromatic heterocycles. The molecule has 3 amide bonds. The molecule has 4 heterocycles. The van der Waals surface area contributed by atoms with Crippen LogP contribution in [0.15, 0.2) is 54.0 Å². The van der Waals surface area contributed by atoms with Crippen molar-refractivity contribution in [3.8, 4) is 5.69 Å². The molecule has 4 aromatic rings. The summed E-state index contributed by atoms with van der Waals surface area (Å²) in [6, 6.07) is 13.1. The van der Waals surface area contributed by atoms with Crippen molar-refractivity contribution >= 4 is 52.2 Å². The van der Waals surface area contributed by atoms with Crippen LogP contribution in [-0.2, 0) is 5.41 Å². The Morgan fingerprint density at radius 3 is 2.29 bits per heavy atom. The Morgan fingerprint density at radius 1 is 0.976 bits per heavy atom. The highest BCUT2D eigenvalue weighted by molar-refractivity contribution is 7.12. The highest BCUT2D eigenvalue weighted by Crippen LogP contribution is 2.29. The van der Waals surface area contributed by atoms with Crippen LogP contribution < -0.4 is 15.5 Å². The summed E-state index contributed by atoms with van der Waals surface area (Å²) in [4.78, 5) is 35.1. The second-order valence-electron chi connectivity index (χ2n) is 11.2. The first-order chi connectivity index (χ1) is 19.5. The van der Waals surface area contributed by atoms with E-state index >= 15 is 0 Å². The number of rotatable bonds is 5. The predicted molar refractivity (Wildman–Crippen MR) is 166 cm³/mol. The minimum atomic E-state index is -0.430. The third-order valence-corrected chi connectivity index (χ3v) is 8.28. The number of halogens is 1. The molecule has 1 aliphatic heterocycles. The molecule has 0 aliphatic carbocycles. The van der Waals surface area contributed by atoms with Crippen LogP contribution in [0.1, 0.15) is 47.3 Å². The topological polar surface area (TPSA) is 95.4 Å². The molecule has 41 heavy (non-hydrogen) atoms. The van der Waals surface area contributed by atoms with E-state index in [2.05, 4.69) is 41.3 Å². The van der Waals surface area contributed by atoms with E-state index in [4.69, 9.17) is 16.7 Å². The average Bonchev–Trinajstić information content (AvgIpc) is 3.55. The molecular formula is C30H34ClN7O2S. The number of carbonyl (C=O) groups is 2. The summed E-state index contributed by atoms with van der Waals surface area (Å²) >= 11 is 8.09. The summed E-state index contributed by atoms with van der Waals surface area (Å²) in [5.74, 6) is 1.25. The van der Waals surface area contributed by atoms with Crippen LogP contribution in [0.2, 0.25) is 5.02 Å². The highest BCUT2D eigenvalue weighted by Gasteiger charge is 2.26. The second kappa shape index (κ2) is 11.5. The molecule has 0 unspecified atom stereocenters. The quantitative estimate of drug-likeness (QED) is 0.276. The fourth-order valence-electron chi connectivity index (χ4n) is 4.59. The number of benzene rings is 1. The number of thiophene rings is 1. The molecule has 214 valence electrons. The standard InChI is InChI=1S/C30H34ClN7O2S/c1-19-6-8-22(9-7-19)38-25(17-24(35-38)30(3,4)5)34-29(40)33-21-16-23(31)27(32-18-21)36-11-13-37(14-12-36)28(39)26-20(2)10-15-41-26/h6-10,15-18H,11-14H2,1-5H3,(H2,33,34,40). The SMILES string of the molecule is Cc1ccc(-n2nc(C(C)(C)C)cc2NC(=O)Nc2cnc(N3CCN(C(=O)c4sccc4C)CC3)c(Cl)c2)cc1. The van der Waals surface area contributed by atoms with Gasteiger partial charge in [0.1, 0.15) is 11.6 Å². The third kappa shape index (κ3) is 6.39. The van der Waals surface area contributed by atoms with E-state index in [-0.39, 0.29) is 11.3 Å². The Hall–Kier alpha value is -3.89. The number of nitrogens with zero attached hydrogens (tertiary/aromatic N) is 5. The van der Waals surface area contributed by atoms with Gasteiger partial charge in [-0.3, -0.25) is 10.1 Å². The smallest absolute Gasteiger partial charge is 0.324 e. The van der Waals surface area contributed by atoms with Gasteiger partial charge < -0.3 is 15.1 Å². The molecule has 0 atom stereocenters. The van der Waals surface area contributed by atoms with E-state index in [0.717, 1.165) is 27.4 Å². The Morgan fingerprint density at radius 2 is 1.68 bits per heavy atom. The molecule has 1 fully saturated rings. The minimum absolute atomic E-state index is 0.0695. The number of hydrogen-bond acceptors (Lipinski definition) is 6. The maximum absolute atomic E-state index is 13.0. The molecular weight excluding hydrogens is 558 g/mol. The fraction of sp³-hybridized carbons (Fsp3) is 0.333. The monoisotopic (exact) mass is 591 g/mol. The number of aryl methyl sites for hydroxylation is 2. The van der Waals surface area contributed by atoms with Crippen molar-refractivity contribution in [2.75, 3.05) is 41.7 Å². The number of hydrogen-bond donors (Lipinski definition) is 2. The Kier molecular flexibility index (Phi) is 8.06. The van der Waals surface area contributed by atoms with Gasteiger partial charge >= 0.3 is 6.03 Å². The van der Waals surface area contributed by atoms with Gasteiger partial charge in [0.2, 0.25) is 0 Å². The Bertz CT molecular complexity index is 1560. The van der Waals surface area contributed by atoms with Gasteiger partial charge in [0.15, 0.2) is 0 Å². The lowest BCUT2D eigenvalue weighted by Crippen LogP contribution is -2.49. The number of urea groups is 1. The van der Waals surface area contributed by atoms with E-state index in [0.29, 0.717) is 48.5 Å². The summed E-state index contributed by atoms with van der Waals surface area (Å²) in [6.45, 7) is 12.6. The van der Waals surface area contributed by atoms with Gasteiger partial charge in [0.05, 0.1) is 33.2 Å². The zero-order chi connectivity index (χ0) is 29.3. The van der Waals surface area contributed by atoms with E-state index in [1.165, 1.54) is 11.3 Å². The van der Waals surface area contributed by atoms with Crippen LogP contribution in [0.5, 0.6) is 0 Å². The number of anilines is 3. The lowest BCUT2D eigenvalue weighted by molar-refractivity contribution is 0.0750. The summed E-state index contributed by atoms with van der Waals surface area (Å²) in [6.07, 6.45) is 1.59. The van der Waals surface area contributed by atoms with E-state index < -0.39 is 6.03 Å². The summed E-state index contributed by atoms with van der Waals surface area (Å²) in [5, 5.41) is 12.9. The Labute approximate surface area is 249 Å². The first-order valence-electron chi connectivity index (χ1n) is 13.5. The molecule has 0 radical (unpaired) electrons. The van der Waals surface area contributed by atoms with Crippen LogP contribution in [0.4, 0.5) is 22.1 Å². The third-order valence-electron chi connectivity index (χ3n) is 7.00. The fourth-order valence-corrected chi connectivity index (χ4v) is 5.76. The minimum Gasteiger partial charge on any atom is -0.352 e. The van der Waals surface area contributed by atoms with Gasteiger partial charge in [-0.15, -0.1) is 11.3 Å². The highest BCUT2D eigenvalue weighted by atomic mass is 35.5. The first-order valence-corrected chi connectivity index (χ1v) is 14.7. The van der Waals surface area contributed by atoms with Gasteiger partial charge in [-0.2, -0.15) is 5.10 Å². The first kappa shape index (κ1) is 28.6. The zero-order valence-corrected chi connectivity index (χ0v) is 25.4. The summed E-state index contributed by atoms with van der Waals surface area (Å²) in [5.41, 5.74) is 4.13. The van der Waals surface area contributed by atoms with Gasteiger partial charge in [-0.1, -0.05) is 50.1 Å². The predicted octanol–water partition coefficient (Wildman–Crippen LogP) is 6.50. The maximum atomic E-state index is 13.0. The molecule has 9 nitrogen and oxygen atoms in total. The Balaban J connectivity index is 1.24. The van der Waals surface area contributed by atoms with Crippen LogP contribution in [0, 0.1) is 13.8 Å². The van der Waals surface area contributed by atoms with Crippen molar-refractivity contribution in [3.05, 3.63) is 80.8 Å². The van der Waals surface area contributed by atoms with Crippen molar-refractivity contribution in [1.82, 2.24) is 19.7 Å². The number of carbonyl (C=O) groups excluding carboxylic acids is 2. The van der Waals surface area contributed by atoms with Gasteiger partial charge in [0.25, 0.3) is 5.91 Å². The number of pyridine rings is 1. The maximum Gasteiger partial charge on any atom is 0.324 e. The molecule has 1 aliphatic rings. The summed E-state index contributed by atoms with van der Waals surface area (Å²) in [7, 11) is 0. The van der Waals surface area contributed by atoms with Crippen molar-refractivity contribution in [2.45, 2.75) is 40.0 Å². The molecule has 1 aromatic carbocycles. The summed E-state index contributed by atoms with van der Waals surface area (Å²) < 4.78 is 1.73. The molecule has 1 saturated heterocycles. The zero-order valence-electron chi connectivity index (χ0n) is 23.9. The van der Waals surface area contributed by atoms with Gasteiger partial charge in [-0.25, -0.2) is 14.5 Å². The molecule has 0 saturated carbocycles. The van der Waals surface area contributed by atoms with Crippen LogP contribution in [0.25, 0.3) is 5.69 Å². The van der Waals surface area contributed by atoms with Crippen molar-refractivity contribution < 1.29 is 9.59 Å². The van der Waals surface area contributed by atoms with Crippen LogP contribution >= 0.6 is 22.9 Å². The molecule has 5 rings (SSSR count). The van der Waals surface area contributed by atoms with Crippen molar-refractivity contribution in [3.63, 3.8) is 0 Å². The molecule has 0 bridgehead atoms. The van der Waals surface area contributed by atoms with Crippen LogP contribution in [0.3, 0.4) is 0 Å². The van der Waals surface area contributed by atoms with E-state index in [9.17, 15) is 9.59 Å². The van der Waals surface area contributed by atoms with Crippen molar-refractivity contribution in [1.29, 1.82) is 0 Å². The lowest BCUT2D eigenvalue weighted by Gasteiger charge is -2.35. The largest absolute Gasteiger partial charge is 0.352 e. The van der Waals surface area contributed by atoms with Gasteiger partial charge in [0, 0.05) is 37.7 Å². The van der Waals surface area contributed by atoms with Crippen molar-refractivity contribution in [2.24, 2.45) is 0 Å². The number of amides is 3. The molecule has 2 N–H and O–H groups in total. The number of piperazine rings is 1. The molecule has 11 heteroatoms. The molecule has 0 spiro atoms. The van der Waals surface area contributed by atoms with E-state index in [1.807, 2.05) is 60.5 Å².